The van der Waals surface area contributed by atoms with E-state index in [2.05, 4.69) is 10.5 Å². The summed E-state index contributed by atoms with van der Waals surface area (Å²) in [6.07, 6.45) is 0.678. The molecule has 6 nitrogen and oxygen atoms in total. The van der Waals surface area contributed by atoms with Crippen molar-refractivity contribution >= 4 is 17.6 Å². The number of halogens is 1. The topological polar surface area (TPSA) is 75.4 Å². The second-order valence-electron chi connectivity index (χ2n) is 5.11. The van der Waals surface area contributed by atoms with Crippen LogP contribution in [0.15, 0.2) is 34.9 Å². The molecule has 0 unspecified atom stereocenters. The van der Waals surface area contributed by atoms with E-state index < -0.39 is 17.6 Å². The first kappa shape index (κ1) is 16.7. The van der Waals surface area contributed by atoms with E-state index in [4.69, 9.17) is 4.52 Å². The predicted molar refractivity (Wildman–Crippen MR) is 82.5 cm³/mol. The lowest BCUT2D eigenvalue weighted by Crippen LogP contribution is -2.38. The molecular weight excluding hydrogens is 301 g/mol. The van der Waals surface area contributed by atoms with Gasteiger partial charge in [0.25, 0.3) is 5.91 Å². The van der Waals surface area contributed by atoms with Crippen LogP contribution in [0.1, 0.15) is 29.5 Å². The summed E-state index contributed by atoms with van der Waals surface area (Å²) < 4.78 is 18.1. The molecule has 122 valence electrons. The van der Waals surface area contributed by atoms with E-state index in [0.29, 0.717) is 24.5 Å². The molecule has 2 rings (SSSR count). The molecule has 0 radical (unpaired) electrons. The minimum absolute atomic E-state index is 0.144. The van der Waals surface area contributed by atoms with Gasteiger partial charge in [-0.1, -0.05) is 18.1 Å². The van der Waals surface area contributed by atoms with Gasteiger partial charge in [0.05, 0.1) is 0 Å². The summed E-state index contributed by atoms with van der Waals surface area (Å²) in [6, 6.07) is 6.98. The number of rotatable bonds is 6. The van der Waals surface area contributed by atoms with Crippen LogP contribution in [0.3, 0.4) is 0 Å². The van der Waals surface area contributed by atoms with Crippen molar-refractivity contribution in [2.45, 2.75) is 20.3 Å². The molecule has 0 aliphatic carbocycles. The summed E-state index contributed by atoms with van der Waals surface area (Å²) in [5, 5.41) is 6.22. The van der Waals surface area contributed by atoms with Crippen LogP contribution in [0.4, 0.5) is 10.2 Å². The van der Waals surface area contributed by atoms with Crippen LogP contribution in [-0.2, 0) is 4.79 Å². The molecule has 0 atom stereocenters. The number of aryl methyl sites for hydroxylation is 1. The summed E-state index contributed by atoms with van der Waals surface area (Å²) in [4.78, 5) is 25.8. The second-order valence-corrected chi connectivity index (χ2v) is 5.11. The highest BCUT2D eigenvalue weighted by Gasteiger charge is 2.19. The average Bonchev–Trinajstić information content (AvgIpc) is 2.91. The number of anilines is 1. The van der Waals surface area contributed by atoms with Crippen molar-refractivity contribution < 1.29 is 18.5 Å². The molecular formula is C16H18FN3O3. The number of carbonyl (C=O) groups excluding carboxylic acids is 2. The second kappa shape index (κ2) is 7.53. The Hall–Kier alpha value is -2.70. The lowest BCUT2D eigenvalue weighted by Gasteiger charge is -2.21. The van der Waals surface area contributed by atoms with Gasteiger partial charge < -0.3 is 14.7 Å². The minimum atomic E-state index is -0.491. The van der Waals surface area contributed by atoms with Gasteiger partial charge in [0.15, 0.2) is 5.82 Å². The van der Waals surface area contributed by atoms with Gasteiger partial charge in [-0.15, -0.1) is 0 Å². The molecule has 0 aliphatic heterocycles. The Morgan fingerprint density at radius 2 is 2.13 bits per heavy atom. The molecule has 0 fully saturated rings. The summed E-state index contributed by atoms with van der Waals surface area (Å²) in [5.74, 6) is -0.409. The fourth-order valence-electron chi connectivity index (χ4n) is 2.11. The third-order valence-electron chi connectivity index (χ3n) is 3.08. The van der Waals surface area contributed by atoms with Crippen molar-refractivity contribution in [2.24, 2.45) is 0 Å². The van der Waals surface area contributed by atoms with Gasteiger partial charge in [0.2, 0.25) is 5.91 Å². The fraction of sp³-hybridized carbons (Fsp3) is 0.312. The van der Waals surface area contributed by atoms with Crippen molar-refractivity contribution in [3.8, 4) is 0 Å². The van der Waals surface area contributed by atoms with Gasteiger partial charge in [-0.3, -0.25) is 9.59 Å². The fourth-order valence-corrected chi connectivity index (χ4v) is 2.11. The molecule has 1 N–H and O–H groups in total. The molecule has 1 aromatic heterocycles. The highest BCUT2D eigenvalue weighted by molar-refractivity contribution is 5.99. The van der Waals surface area contributed by atoms with Gasteiger partial charge >= 0.3 is 0 Å². The van der Waals surface area contributed by atoms with Crippen molar-refractivity contribution in [1.82, 2.24) is 10.1 Å². The summed E-state index contributed by atoms with van der Waals surface area (Å²) in [7, 11) is 0. The van der Waals surface area contributed by atoms with Crippen LogP contribution in [-0.4, -0.2) is 35.0 Å². The molecule has 1 aromatic carbocycles. The van der Waals surface area contributed by atoms with E-state index in [-0.39, 0.29) is 12.1 Å². The minimum Gasteiger partial charge on any atom is -0.360 e. The van der Waals surface area contributed by atoms with Crippen molar-refractivity contribution in [1.29, 1.82) is 0 Å². The van der Waals surface area contributed by atoms with E-state index in [0.717, 1.165) is 6.07 Å². The zero-order chi connectivity index (χ0) is 16.8. The average molecular weight is 319 g/mol. The lowest BCUT2D eigenvalue weighted by atomic mass is 10.2. The molecule has 23 heavy (non-hydrogen) atoms. The Bertz CT molecular complexity index is 699. The monoisotopic (exact) mass is 319 g/mol. The molecule has 2 aromatic rings. The highest BCUT2D eigenvalue weighted by Crippen LogP contribution is 2.10. The van der Waals surface area contributed by atoms with Crippen LogP contribution in [0.5, 0.6) is 0 Å². The zero-order valence-electron chi connectivity index (χ0n) is 13.0. The van der Waals surface area contributed by atoms with Crippen molar-refractivity contribution in [3.05, 3.63) is 47.5 Å². The third-order valence-corrected chi connectivity index (χ3v) is 3.08. The number of nitrogens with zero attached hydrogens (tertiary/aromatic N) is 2. The smallest absolute Gasteiger partial charge is 0.254 e. The maximum Gasteiger partial charge on any atom is 0.254 e. The van der Waals surface area contributed by atoms with Gasteiger partial charge in [-0.2, -0.15) is 0 Å². The first-order valence-corrected chi connectivity index (χ1v) is 7.27. The van der Waals surface area contributed by atoms with Crippen molar-refractivity contribution in [3.63, 3.8) is 0 Å². The number of hydrogen-bond acceptors (Lipinski definition) is 4. The number of amides is 2. The first-order chi connectivity index (χ1) is 11.0. The van der Waals surface area contributed by atoms with Gasteiger partial charge in [-0.25, -0.2) is 4.39 Å². The van der Waals surface area contributed by atoms with Gasteiger partial charge in [0.1, 0.15) is 18.1 Å². The Morgan fingerprint density at radius 3 is 2.74 bits per heavy atom. The van der Waals surface area contributed by atoms with E-state index in [1.807, 2.05) is 6.92 Å². The molecule has 0 saturated heterocycles. The predicted octanol–water partition coefficient (Wildman–Crippen LogP) is 2.61. The Labute approximate surface area is 133 Å². The number of nitrogens with one attached hydrogen (secondary N) is 1. The summed E-state index contributed by atoms with van der Waals surface area (Å²) in [6.45, 7) is 3.85. The normalized spacial score (nSPS) is 10.4. The number of aromatic nitrogens is 1. The maximum atomic E-state index is 13.3. The molecule has 2 amide bonds. The SMILES string of the molecule is CCCN(CC(=O)Nc1cc(C)on1)C(=O)c1cccc(F)c1. The Morgan fingerprint density at radius 1 is 1.35 bits per heavy atom. The molecule has 0 bridgehead atoms. The summed E-state index contributed by atoms with van der Waals surface area (Å²) in [5.41, 5.74) is 0.212. The van der Waals surface area contributed by atoms with Crippen molar-refractivity contribution in [2.75, 3.05) is 18.4 Å². The third kappa shape index (κ3) is 4.64. The number of hydrogen-bond donors (Lipinski definition) is 1. The largest absolute Gasteiger partial charge is 0.360 e. The number of benzene rings is 1. The van der Waals surface area contributed by atoms with Gasteiger partial charge in [0, 0.05) is 18.2 Å². The highest BCUT2D eigenvalue weighted by atomic mass is 19.1. The van der Waals surface area contributed by atoms with Crippen LogP contribution < -0.4 is 5.32 Å². The van der Waals surface area contributed by atoms with Crippen LogP contribution in [0.25, 0.3) is 0 Å². The zero-order valence-corrected chi connectivity index (χ0v) is 13.0. The van der Waals surface area contributed by atoms with Crippen LogP contribution in [0.2, 0.25) is 0 Å². The number of carbonyl (C=O) groups is 2. The van der Waals surface area contributed by atoms with Crippen LogP contribution in [0, 0.1) is 12.7 Å². The summed E-state index contributed by atoms with van der Waals surface area (Å²) >= 11 is 0. The first-order valence-electron chi connectivity index (χ1n) is 7.27. The Kier molecular flexibility index (Phi) is 5.46. The van der Waals surface area contributed by atoms with Gasteiger partial charge in [-0.05, 0) is 31.5 Å². The molecule has 0 spiro atoms. The standard InChI is InChI=1S/C16H18FN3O3/c1-3-7-20(16(22)12-5-4-6-13(17)9-12)10-15(21)18-14-8-11(2)23-19-14/h4-6,8-9H,3,7,10H2,1-2H3,(H,18,19,21). The van der Waals surface area contributed by atoms with Crippen LogP contribution >= 0.6 is 0 Å². The van der Waals surface area contributed by atoms with E-state index in [1.54, 1.807) is 13.0 Å². The Balaban J connectivity index is 2.05. The maximum absolute atomic E-state index is 13.3. The van der Waals surface area contributed by atoms with E-state index in [9.17, 15) is 14.0 Å². The molecule has 0 saturated carbocycles. The van der Waals surface area contributed by atoms with E-state index in [1.165, 1.54) is 23.1 Å². The quantitative estimate of drug-likeness (QED) is 0.888. The molecule has 7 heteroatoms. The molecule has 1 heterocycles. The molecule has 0 aliphatic rings. The lowest BCUT2D eigenvalue weighted by molar-refractivity contribution is -0.116. The van der Waals surface area contributed by atoms with E-state index >= 15 is 0 Å².